The first-order valence-electron chi connectivity index (χ1n) is 5.43. The van der Waals surface area contributed by atoms with E-state index in [1.54, 1.807) is 6.07 Å². The zero-order chi connectivity index (χ0) is 12.6. The van der Waals surface area contributed by atoms with Gasteiger partial charge in [-0.1, -0.05) is 22.0 Å². The molecule has 0 N–H and O–H groups in total. The summed E-state index contributed by atoms with van der Waals surface area (Å²) in [5.41, 5.74) is 3.91. The van der Waals surface area contributed by atoms with E-state index < -0.39 is 0 Å². The molecule has 0 bridgehead atoms. The predicted octanol–water partition coefficient (Wildman–Crippen LogP) is 3.76. The van der Waals surface area contributed by atoms with Crippen molar-refractivity contribution in [2.75, 3.05) is 0 Å². The van der Waals surface area contributed by atoms with Crippen LogP contribution in [0, 0.1) is 26.6 Å². The van der Waals surface area contributed by atoms with Crippen molar-refractivity contribution in [2.45, 2.75) is 27.3 Å². The van der Waals surface area contributed by atoms with Gasteiger partial charge in [-0.15, -0.1) is 0 Å². The third-order valence-corrected chi connectivity index (χ3v) is 3.57. The lowest BCUT2D eigenvalue weighted by Crippen LogP contribution is -2.05. The molecule has 0 amide bonds. The zero-order valence-corrected chi connectivity index (χ0v) is 11.7. The highest BCUT2D eigenvalue weighted by atomic mass is 79.9. The monoisotopic (exact) mass is 296 g/mol. The summed E-state index contributed by atoms with van der Waals surface area (Å²) in [6, 6.07) is 5.11. The molecular formula is C13H14BrFN2. The fourth-order valence-corrected chi connectivity index (χ4v) is 2.08. The molecule has 0 radical (unpaired) electrons. The molecular weight excluding hydrogens is 283 g/mol. The van der Waals surface area contributed by atoms with E-state index in [1.165, 1.54) is 11.6 Å². The minimum Gasteiger partial charge on any atom is -0.265 e. The summed E-state index contributed by atoms with van der Waals surface area (Å²) in [5.74, 6) is -0.204. The number of aryl methyl sites for hydroxylation is 1. The second-order valence-electron chi connectivity index (χ2n) is 4.19. The number of halogens is 2. The van der Waals surface area contributed by atoms with Gasteiger partial charge < -0.3 is 0 Å². The molecule has 90 valence electrons. The average Bonchev–Trinajstić information content (AvgIpc) is 2.50. The molecule has 0 aliphatic rings. The third-order valence-electron chi connectivity index (χ3n) is 3.08. The molecule has 0 saturated carbocycles. The molecule has 0 aliphatic carbocycles. The Morgan fingerprint density at radius 1 is 1.29 bits per heavy atom. The topological polar surface area (TPSA) is 17.8 Å². The van der Waals surface area contributed by atoms with Crippen LogP contribution >= 0.6 is 15.9 Å². The van der Waals surface area contributed by atoms with E-state index in [0.717, 1.165) is 15.9 Å². The summed E-state index contributed by atoms with van der Waals surface area (Å²) in [6.45, 7) is 6.48. The molecule has 0 fully saturated rings. The molecule has 2 nitrogen and oxygen atoms in total. The lowest BCUT2D eigenvalue weighted by Gasteiger charge is -2.06. The molecule has 1 heterocycles. The third kappa shape index (κ3) is 2.41. The summed E-state index contributed by atoms with van der Waals surface area (Å²) in [6.07, 6.45) is 0. The van der Waals surface area contributed by atoms with Crippen LogP contribution in [0.2, 0.25) is 0 Å². The normalized spacial score (nSPS) is 10.9. The van der Waals surface area contributed by atoms with Gasteiger partial charge in [-0.3, -0.25) is 4.68 Å². The first-order chi connectivity index (χ1) is 7.99. The van der Waals surface area contributed by atoms with Crippen LogP contribution in [0.4, 0.5) is 4.39 Å². The van der Waals surface area contributed by atoms with Gasteiger partial charge in [0.05, 0.1) is 12.2 Å². The maximum absolute atomic E-state index is 13.7. The van der Waals surface area contributed by atoms with Crippen molar-refractivity contribution in [1.82, 2.24) is 9.78 Å². The van der Waals surface area contributed by atoms with Crippen LogP contribution in [0.5, 0.6) is 0 Å². The highest BCUT2D eigenvalue weighted by molar-refractivity contribution is 9.10. The quantitative estimate of drug-likeness (QED) is 0.825. The largest absolute Gasteiger partial charge is 0.265 e. The van der Waals surface area contributed by atoms with Crippen LogP contribution < -0.4 is 0 Å². The summed E-state index contributed by atoms with van der Waals surface area (Å²) in [5, 5.41) is 4.41. The lowest BCUT2D eigenvalue weighted by molar-refractivity contribution is 0.578. The van der Waals surface area contributed by atoms with Crippen LogP contribution in [0.25, 0.3) is 0 Å². The first-order valence-corrected chi connectivity index (χ1v) is 6.23. The number of benzene rings is 1. The van der Waals surface area contributed by atoms with Crippen molar-refractivity contribution < 1.29 is 4.39 Å². The number of nitrogens with zero attached hydrogens (tertiary/aromatic N) is 2. The van der Waals surface area contributed by atoms with Crippen molar-refractivity contribution in [3.63, 3.8) is 0 Å². The smallest absolute Gasteiger partial charge is 0.129 e. The minimum atomic E-state index is -0.204. The van der Waals surface area contributed by atoms with Crippen LogP contribution in [0.1, 0.15) is 22.5 Å². The fraction of sp³-hybridized carbons (Fsp3) is 0.308. The zero-order valence-electron chi connectivity index (χ0n) is 10.1. The van der Waals surface area contributed by atoms with Crippen molar-refractivity contribution >= 4 is 15.9 Å². The van der Waals surface area contributed by atoms with Crippen molar-refractivity contribution in [3.05, 3.63) is 51.0 Å². The minimum absolute atomic E-state index is 0.204. The second kappa shape index (κ2) is 4.61. The van der Waals surface area contributed by atoms with E-state index in [4.69, 9.17) is 0 Å². The Balaban J connectivity index is 2.34. The highest BCUT2D eigenvalue weighted by Crippen LogP contribution is 2.18. The molecule has 0 atom stereocenters. The summed E-state index contributed by atoms with van der Waals surface area (Å²) >= 11 is 3.25. The van der Waals surface area contributed by atoms with Gasteiger partial charge in [-0.2, -0.15) is 5.10 Å². The van der Waals surface area contributed by atoms with Gasteiger partial charge >= 0.3 is 0 Å². The molecule has 0 aliphatic heterocycles. The van der Waals surface area contributed by atoms with Crippen LogP contribution in [-0.2, 0) is 6.54 Å². The molecule has 17 heavy (non-hydrogen) atoms. The Bertz CT molecular complexity index is 561. The Kier molecular flexibility index (Phi) is 3.33. The van der Waals surface area contributed by atoms with Gasteiger partial charge in [-0.25, -0.2) is 4.39 Å². The van der Waals surface area contributed by atoms with Gasteiger partial charge in [0.15, 0.2) is 0 Å². The second-order valence-corrected chi connectivity index (χ2v) is 5.10. The Labute approximate surface area is 109 Å². The van der Waals surface area contributed by atoms with E-state index in [-0.39, 0.29) is 5.82 Å². The van der Waals surface area contributed by atoms with Gasteiger partial charge in [0.1, 0.15) is 5.82 Å². The number of rotatable bonds is 2. The van der Waals surface area contributed by atoms with E-state index in [2.05, 4.69) is 21.0 Å². The lowest BCUT2D eigenvalue weighted by atomic mass is 10.2. The molecule has 1 aromatic heterocycles. The Hall–Kier alpha value is -1.16. The fourth-order valence-electron chi connectivity index (χ4n) is 1.75. The summed E-state index contributed by atoms with van der Waals surface area (Å²) < 4.78 is 16.3. The maximum atomic E-state index is 13.7. The van der Waals surface area contributed by atoms with E-state index in [1.807, 2.05) is 31.5 Å². The van der Waals surface area contributed by atoms with E-state index in [0.29, 0.717) is 12.1 Å². The van der Waals surface area contributed by atoms with Crippen molar-refractivity contribution in [1.29, 1.82) is 0 Å². The van der Waals surface area contributed by atoms with E-state index >= 15 is 0 Å². The van der Waals surface area contributed by atoms with Crippen LogP contribution in [-0.4, -0.2) is 9.78 Å². The van der Waals surface area contributed by atoms with E-state index in [9.17, 15) is 4.39 Å². The van der Waals surface area contributed by atoms with Gasteiger partial charge in [0, 0.05) is 15.7 Å². The average molecular weight is 297 g/mol. The van der Waals surface area contributed by atoms with Crippen molar-refractivity contribution in [2.24, 2.45) is 0 Å². The number of hydrogen-bond acceptors (Lipinski definition) is 1. The van der Waals surface area contributed by atoms with Crippen LogP contribution in [0.15, 0.2) is 22.7 Å². The number of aromatic nitrogens is 2. The molecule has 2 aromatic rings. The molecule has 4 heteroatoms. The Morgan fingerprint density at radius 3 is 2.53 bits per heavy atom. The van der Waals surface area contributed by atoms with Gasteiger partial charge in [-0.05, 0) is 38.5 Å². The molecule has 2 rings (SSSR count). The summed E-state index contributed by atoms with van der Waals surface area (Å²) in [4.78, 5) is 0. The standard InChI is InChI=1S/C13H14BrFN2/c1-8-9(2)16-17(10(8)3)7-11-4-5-12(14)6-13(11)15/h4-6H,7H2,1-3H3. The van der Waals surface area contributed by atoms with Crippen molar-refractivity contribution in [3.8, 4) is 0 Å². The van der Waals surface area contributed by atoms with Crippen LogP contribution in [0.3, 0.4) is 0 Å². The number of hydrogen-bond donors (Lipinski definition) is 0. The molecule has 0 spiro atoms. The SMILES string of the molecule is Cc1nn(Cc2ccc(Br)cc2F)c(C)c1C. The maximum Gasteiger partial charge on any atom is 0.129 e. The van der Waals surface area contributed by atoms with Gasteiger partial charge in [0.2, 0.25) is 0 Å². The predicted molar refractivity (Wildman–Crippen MR) is 69.6 cm³/mol. The molecule has 0 saturated heterocycles. The first kappa shape index (κ1) is 12.3. The highest BCUT2D eigenvalue weighted by Gasteiger charge is 2.10. The summed E-state index contributed by atoms with van der Waals surface area (Å²) in [7, 11) is 0. The molecule has 1 aromatic carbocycles. The van der Waals surface area contributed by atoms with Gasteiger partial charge in [0.25, 0.3) is 0 Å². The Morgan fingerprint density at radius 2 is 2.00 bits per heavy atom. The molecule has 0 unspecified atom stereocenters.